The Balaban J connectivity index is 2.23. The summed E-state index contributed by atoms with van der Waals surface area (Å²) in [5.74, 6) is -2.02. The normalized spacial score (nSPS) is 10.2. The molecule has 0 bridgehead atoms. The molecule has 0 fully saturated rings. The van der Waals surface area contributed by atoms with E-state index in [9.17, 15) is 13.6 Å². The molecule has 0 saturated carbocycles. The van der Waals surface area contributed by atoms with Crippen molar-refractivity contribution in [3.63, 3.8) is 0 Å². The zero-order valence-corrected chi connectivity index (χ0v) is 11.0. The summed E-state index contributed by atoms with van der Waals surface area (Å²) < 4.78 is 26.4. The van der Waals surface area contributed by atoms with Gasteiger partial charge in [0.1, 0.15) is 11.6 Å². The number of anilines is 2. The van der Waals surface area contributed by atoms with Crippen molar-refractivity contribution in [3.8, 4) is 0 Å². The maximum atomic E-state index is 13.5. The third-order valence-corrected chi connectivity index (χ3v) is 2.70. The van der Waals surface area contributed by atoms with Crippen LogP contribution in [0.2, 0.25) is 5.02 Å². The van der Waals surface area contributed by atoms with Gasteiger partial charge in [-0.05, 0) is 18.2 Å². The molecule has 2 aromatic rings. The van der Waals surface area contributed by atoms with Crippen LogP contribution in [0.25, 0.3) is 0 Å². The highest BCUT2D eigenvalue weighted by Crippen LogP contribution is 2.26. The average Bonchev–Trinajstić information content (AvgIpc) is 2.42. The van der Waals surface area contributed by atoms with Gasteiger partial charge in [-0.3, -0.25) is 4.79 Å². The summed E-state index contributed by atoms with van der Waals surface area (Å²) >= 11 is 5.67. The molecule has 0 radical (unpaired) electrons. The molecule has 8 heteroatoms. The van der Waals surface area contributed by atoms with Crippen LogP contribution in [0, 0.1) is 11.6 Å². The van der Waals surface area contributed by atoms with E-state index in [0.717, 1.165) is 6.07 Å². The van der Waals surface area contributed by atoms with Crippen LogP contribution in [-0.2, 0) is 0 Å². The molecule has 2 N–H and O–H groups in total. The second-order valence-electron chi connectivity index (χ2n) is 3.75. The van der Waals surface area contributed by atoms with Gasteiger partial charge in [-0.1, -0.05) is 11.6 Å². The van der Waals surface area contributed by atoms with Gasteiger partial charge in [0.25, 0.3) is 5.91 Å². The number of carbonyl (C=O) groups is 1. The van der Waals surface area contributed by atoms with Crippen molar-refractivity contribution < 1.29 is 13.6 Å². The first kappa shape index (κ1) is 14.1. The smallest absolute Gasteiger partial charge is 0.276 e. The molecule has 0 atom stereocenters. The van der Waals surface area contributed by atoms with Gasteiger partial charge in [-0.15, -0.1) is 10.2 Å². The van der Waals surface area contributed by atoms with Crippen LogP contribution in [0.15, 0.2) is 24.3 Å². The Morgan fingerprint density at radius 1 is 1.25 bits per heavy atom. The number of benzene rings is 1. The zero-order chi connectivity index (χ0) is 14.7. The van der Waals surface area contributed by atoms with Crippen molar-refractivity contribution >= 4 is 29.0 Å². The molecule has 0 aliphatic carbocycles. The fourth-order valence-corrected chi connectivity index (χ4v) is 1.67. The number of nitrogens with one attached hydrogen (secondary N) is 2. The van der Waals surface area contributed by atoms with E-state index in [2.05, 4.69) is 20.8 Å². The lowest BCUT2D eigenvalue weighted by molar-refractivity contribution is 0.102. The lowest BCUT2D eigenvalue weighted by atomic mass is 10.2. The van der Waals surface area contributed by atoms with E-state index < -0.39 is 17.5 Å². The lowest BCUT2D eigenvalue weighted by Gasteiger charge is -2.08. The number of halogens is 3. The van der Waals surface area contributed by atoms with Crippen molar-refractivity contribution in [3.05, 3.63) is 46.6 Å². The summed E-state index contributed by atoms with van der Waals surface area (Å²) in [6.45, 7) is 0. The highest BCUT2D eigenvalue weighted by atomic mass is 35.5. The summed E-state index contributed by atoms with van der Waals surface area (Å²) in [5.41, 5.74) is -0.332. The molecule has 2 rings (SSSR count). The molecule has 1 heterocycles. The average molecular weight is 299 g/mol. The molecular weight excluding hydrogens is 290 g/mol. The second-order valence-corrected chi connectivity index (χ2v) is 4.16. The van der Waals surface area contributed by atoms with Crippen LogP contribution in [-0.4, -0.2) is 23.2 Å². The topological polar surface area (TPSA) is 66.9 Å². The number of amides is 1. The van der Waals surface area contributed by atoms with Crippen molar-refractivity contribution in [1.29, 1.82) is 0 Å². The lowest BCUT2D eigenvalue weighted by Crippen LogP contribution is -2.16. The van der Waals surface area contributed by atoms with Crippen LogP contribution in [0.1, 0.15) is 10.5 Å². The molecule has 5 nitrogen and oxygen atoms in total. The van der Waals surface area contributed by atoms with Crippen molar-refractivity contribution in [1.82, 2.24) is 10.2 Å². The van der Waals surface area contributed by atoms with Crippen LogP contribution >= 0.6 is 11.6 Å². The van der Waals surface area contributed by atoms with Gasteiger partial charge in [-0.25, -0.2) is 8.78 Å². The molecule has 0 aliphatic heterocycles. The van der Waals surface area contributed by atoms with Gasteiger partial charge in [0, 0.05) is 13.1 Å². The molecule has 20 heavy (non-hydrogen) atoms. The minimum Gasteiger partial charge on any atom is -0.372 e. The van der Waals surface area contributed by atoms with E-state index in [1.165, 1.54) is 12.1 Å². The van der Waals surface area contributed by atoms with E-state index in [1.807, 2.05) is 0 Å². The number of aromatic nitrogens is 2. The summed E-state index contributed by atoms with van der Waals surface area (Å²) in [6, 6.07) is 4.46. The molecule has 0 unspecified atom stereocenters. The van der Waals surface area contributed by atoms with E-state index >= 15 is 0 Å². The zero-order valence-electron chi connectivity index (χ0n) is 10.2. The molecule has 0 spiro atoms. The third kappa shape index (κ3) is 3.00. The predicted octanol–water partition coefficient (Wildman–Crippen LogP) is 2.70. The van der Waals surface area contributed by atoms with Crippen molar-refractivity contribution in [2.24, 2.45) is 0 Å². The highest BCUT2D eigenvalue weighted by molar-refractivity contribution is 6.33. The van der Waals surface area contributed by atoms with Crippen LogP contribution in [0.3, 0.4) is 0 Å². The quantitative estimate of drug-likeness (QED) is 0.914. The Morgan fingerprint density at radius 2 is 2.00 bits per heavy atom. The Bertz CT molecular complexity index is 625. The van der Waals surface area contributed by atoms with Crippen molar-refractivity contribution in [2.45, 2.75) is 0 Å². The van der Waals surface area contributed by atoms with Gasteiger partial charge in [0.05, 0.1) is 10.7 Å². The van der Waals surface area contributed by atoms with Gasteiger partial charge < -0.3 is 10.6 Å². The van der Waals surface area contributed by atoms with Crippen LogP contribution in [0.4, 0.5) is 20.3 Å². The Kier molecular flexibility index (Phi) is 4.09. The van der Waals surface area contributed by atoms with E-state index in [0.29, 0.717) is 11.9 Å². The molecule has 1 amide bonds. The van der Waals surface area contributed by atoms with Gasteiger partial charge in [0.15, 0.2) is 11.5 Å². The van der Waals surface area contributed by atoms with E-state index in [4.69, 9.17) is 11.6 Å². The Labute approximate surface area is 118 Å². The number of nitrogens with zero attached hydrogens (tertiary/aromatic N) is 2. The molecule has 104 valence electrons. The van der Waals surface area contributed by atoms with Gasteiger partial charge in [-0.2, -0.15) is 0 Å². The van der Waals surface area contributed by atoms with Crippen LogP contribution < -0.4 is 10.6 Å². The number of hydrogen-bond acceptors (Lipinski definition) is 4. The van der Waals surface area contributed by atoms with E-state index in [1.54, 1.807) is 7.05 Å². The minimum atomic E-state index is -0.969. The maximum Gasteiger partial charge on any atom is 0.276 e. The monoisotopic (exact) mass is 298 g/mol. The first-order valence-corrected chi connectivity index (χ1v) is 5.86. The second kappa shape index (κ2) is 5.79. The Morgan fingerprint density at radius 3 is 2.55 bits per heavy atom. The molecule has 0 aliphatic rings. The molecule has 1 aromatic carbocycles. The fourth-order valence-electron chi connectivity index (χ4n) is 1.43. The minimum absolute atomic E-state index is 0.0243. The van der Waals surface area contributed by atoms with E-state index in [-0.39, 0.29) is 16.4 Å². The first-order chi connectivity index (χ1) is 9.51. The molecule has 0 saturated heterocycles. The molecule has 1 aromatic heterocycles. The van der Waals surface area contributed by atoms with Gasteiger partial charge >= 0.3 is 0 Å². The standard InChI is InChI=1S/C12H9ClF2N4O/c1-16-10-3-2-9(18-19-10)12(20)17-11-7(13)4-6(14)5-8(11)15/h2-5H,1H3,(H,16,19)(H,17,20). The number of rotatable bonds is 3. The SMILES string of the molecule is CNc1ccc(C(=O)Nc2c(F)cc(F)cc2Cl)nn1. The predicted molar refractivity (Wildman–Crippen MR) is 70.9 cm³/mol. The Hall–Kier alpha value is -2.28. The third-order valence-electron chi connectivity index (χ3n) is 2.40. The summed E-state index contributed by atoms with van der Waals surface area (Å²) in [6.07, 6.45) is 0. The molecular formula is C12H9ClF2N4O. The summed E-state index contributed by atoms with van der Waals surface area (Å²) in [5, 5.41) is 12.1. The van der Waals surface area contributed by atoms with Crippen molar-refractivity contribution in [2.75, 3.05) is 17.7 Å². The largest absolute Gasteiger partial charge is 0.372 e. The first-order valence-electron chi connectivity index (χ1n) is 5.48. The van der Waals surface area contributed by atoms with Gasteiger partial charge in [0.2, 0.25) is 0 Å². The maximum absolute atomic E-state index is 13.5. The van der Waals surface area contributed by atoms with Crippen LogP contribution in [0.5, 0.6) is 0 Å². The summed E-state index contributed by atoms with van der Waals surface area (Å²) in [4.78, 5) is 11.9. The fraction of sp³-hybridized carbons (Fsp3) is 0.0833. The summed E-state index contributed by atoms with van der Waals surface area (Å²) in [7, 11) is 1.65. The number of carbonyl (C=O) groups excluding carboxylic acids is 1. The highest BCUT2D eigenvalue weighted by Gasteiger charge is 2.15. The number of hydrogen-bond donors (Lipinski definition) is 2.